The standard InChI is InChI=1S/C22H15F2N3OS/c23-15-6-9-17(10-7-15)25-20(28)13-29-22-18-12-16(24)8-11-19(18)26-21(27-22)14-4-2-1-3-5-14/h1-12H,13H2,(H,25,28). The van der Waals surface area contributed by atoms with Crippen LogP contribution in [0.3, 0.4) is 0 Å². The lowest BCUT2D eigenvalue weighted by atomic mass is 10.2. The lowest BCUT2D eigenvalue weighted by Gasteiger charge is -2.09. The van der Waals surface area contributed by atoms with Gasteiger partial charge in [0.25, 0.3) is 0 Å². The molecule has 1 amide bonds. The quantitative estimate of drug-likeness (QED) is 0.360. The molecule has 29 heavy (non-hydrogen) atoms. The summed E-state index contributed by atoms with van der Waals surface area (Å²) in [6, 6.07) is 19.3. The average Bonchev–Trinajstić information content (AvgIpc) is 2.74. The summed E-state index contributed by atoms with van der Waals surface area (Å²) < 4.78 is 26.8. The summed E-state index contributed by atoms with van der Waals surface area (Å²) in [7, 11) is 0. The van der Waals surface area contributed by atoms with Crippen LogP contribution in [0.5, 0.6) is 0 Å². The van der Waals surface area contributed by atoms with E-state index in [4.69, 9.17) is 0 Å². The lowest BCUT2D eigenvalue weighted by Crippen LogP contribution is -2.14. The molecule has 0 spiro atoms. The van der Waals surface area contributed by atoms with Gasteiger partial charge in [0.2, 0.25) is 5.91 Å². The molecule has 1 aromatic heterocycles. The number of benzene rings is 3. The number of fused-ring (bicyclic) bond motifs is 1. The summed E-state index contributed by atoms with van der Waals surface area (Å²) in [5, 5.41) is 3.76. The Morgan fingerprint density at radius 2 is 1.62 bits per heavy atom. The number of halogens is 2. The van der Waals surface area contributed by atoms with Crippen molar-refractivity contribution in [3.8, 4) is 11.4 Å². The number of hydrogen-bond acceptors (Lipinski definition) is 4. The van der Waals surface area contributed by atoms with Crippen LogP contribution in [0.4, 0.5) is 14.5 Å². The van der Waals surface area contributed by atoms with Crippen molar-refractivity contribution < 1.29 is 13.6 Å². The van der Waals surface area contributed by atoms with E-state index >= 15 is 0 Å². The van der Waals surface area contributed by atoms with Crippen LogP contribution in [0.15, 0.2) is 77.8 Å². The van der Waals surface area contributed by atoms with Gasteiger partial charge < -0.3 is 5.32 Å². The number of carbonyl (C=O) groups excluding carboxylic acids is 1. The van der Waals surface area contributed by atoms with Gasteiger partial charge in [-0.3, -0.25) is 4.79 Å². The van der Waals surface area contributed by atoms with Crippen molar-refractivity contribution in [2.45, 2.75) is 5.03 Å². The van der Waals surface area contributed by atoms with Crippen LogP contribution in [-0.4, -0.2) is 21.6 Å². The third-order valence-electron chi connectivity index (χ3n) is 4.12. The van der Waals surface area contributed by atoms with Gasteiger partial charge in [0.05, 0.1) is 11.3 Å². The summed E-state index contributed by atoms with van der Waals surface area (Å²) in [6.07, 6.45) is 0. The number of carbonyl (C=O) groups is 1. The number of amides is 1. The van der Waals surface area contributed by atoms with Crippen molar-refractivity contribution >= 4 is 34.3 Å². The van der Waals surface area contributed by atoms with E-state index in [1.54, 1.807) is 6.07 Å². The molecule has 7 heteroatoms. The fourth-order valence-corrected chi connectivity index (χ4v) is 3.57. The fourth-order valence-electron chi connectivity index (χ4n) is 2.76. The highest BCUT2D eigenvalue weighted by Crippen LogP contribution is 2.29. The number of aromatic nitrogens is 2. The first-order valence-corrected chi connectivity index (χ1v) is 9.78. The van der Waals surface area contributed by atoms with E-state index in [1.165, 1.54) is 48.2 Å². The number of nitrogens with one attached hydrogen (secondary N) is 1. The molecule has 4 nitrogen and oxygen atoms in total. The first kappa shape index (κ1) is 19.0. The molecule has 0 aliphatic rings. The van der Waals surface area contributed by atoms with Gasteiger partial charge in [0.15, 0.2) is 5.82 Å². The average molecular weight is 407 g/mol. The largest absolute Gasteiger partial charge is 0.325 e. The highest BCUT2D eigenvalue weighted by molar-refractivity contribution is 8.00. The third-order valence-corrected chi connectivity index (χ3v) is 5.11. The second-order valence-electron chi connectivity index (χ2n) is 6.22. The predicted octanol–water partition coefficient (Wildman–Crippen LogP) is 5.31. The van der Waals surface area contributed by atoms with Crippen LogP contribution in [0, 0.1) is 11.6 Å². The van der Waals surface area contributed by atoms with E-state index in [1.807, 2.05) is 30.3 Å². The van der Waals surface area contributed by atoms with Gasteiger partial charge in [-0.15, -0.1) is 0 Å². The molecule has 4 aromatic rings. The van der Waals surface area contributed by atoms with Crippen molar-refractivity contribution in [2.75, 3.05) is 11.1 Å². The van der Waals surface area contributed by atoms with Crippen molar-refractivity contribution in [3.05, 3.63) is 84.4 Å². The van der Waals surface area contributed by atoms with Crippen molar-refractivity contribution in [1.29, 1.82) is 0 Å². The van der Waals surface area contributed by atoms with Crippen LogP contribution in [0.1, 0.15) is 0 Å². The lowest BCUT2D eigenvalue weighted by molar-refractivity contribution is -0.113. The van der Waals surface area contributed by atoms with Crippen LogP contribution < -0.4 is 5.32 Å². The fraction of sp³-hybridized carbons (Fsp3) is 0.0455. The number of anilines is 1. The monoisotopic (exact) mass is 407 g/mol. The Bertz CT molecular complexity index is 1170. The van der Waals surface area contributed by atoms with Gasteiger partial charge in [0.1, 0.15) is 16.7 Å². The Balaban J connectivity index is 1.60. The van der Waals surface area contributed by atoms with Gasteiger partial charge in [-0.2, -0.15) is 0 Å². The minimum atomic E-state index is -0.397. The maximum Gasteiger partial charge on any atom is 0.234 e. The smallest absolute Gasteiger partial charge is 0.234 e. The summed E-state index contributed by atoms with van der Waals surface area (Å²) in [5.74, 6) is -0.475. The Hall–Kier alpha value is -3.32. The van der Waals surface area contributed by atoms with Gasteiger partial charge >= 0.3 is 0 Å². The zero-order valence-corrected chi connectivity index (χ0v) is 15.9. The summed E-state index contributed by atoms with van der Waals surface area (Å²) in [6.45, 7) is 0. The van der Waals surface area contributed by atoms with Crippen molar-refractivity contribution in [2.24, 2.45) is 0 Å². The van der Waals surface area contributed by atoms with Crippen molar-refractivity contribution in [1.82, 2.24) is 9.97 Å². The van der Waals surface area contributed by atoms with E-state index in [2.05, 4.69) is 15.3 Å². The first-order valence-electron chi connectivity index (χ1n) is 8.79. The molecular formula is C22H15F2N3OS. The van der Waals surface area contributed by atoms with E-state index in [-0.39, 0.29) is 17.5 Å². The van der Waals surface area contributed by atoms with E-state index in [9.17, 15) is 13.6 Å². The molecular weight excluding hydrogens is 392 g/mol. The molecule has 0 saturated carbocycles. The topological polar surface area (TPSA) is 54.9 Å². The zero-order valence-electron chi connectivity index (χ0n) is 15.1. The third kappa shape index (κ3) is 4.57. The zero-order chi connectivity index (χ0) is 20.2. The van der Waals surface area contributed by atoms with Gasteiger partial charge in [-0.1, -0.05) is 42.1 Å². The normalized spacial score (nSPS) is 10.8. The van der Waals surface area contributed by atoms with Crippen molar-refractivity contribution in [3.63, 3.8) is 0 Å². The molecule has 0 saturated heterocycles. The van der Waals surface area contributed by atoms with Crippen LogP contribution in [0.2, 0.25) is 0 Å². The molecule has 3 aromatic carbocycles. The van der Waals surface area contributed by atoms with E-state index in [0.29, 0.717) is 27.4 Å². The van der Waals surface area contributed by atoms with E-state index < -0.39 is 5.82 Å². The molecule has 0 aliphatic heterocycles. The Kier molecular flexibility index (Phi) is 5.48. The highest BCUT2D eigenvalue weighted by atomic mass is 32.2. The van der Waals surface area contributed by atoms with Crippen LogP contribution in [0.25, 0.3) is 22.3 Å². The molecule has 4 rings (SSSR count). The number of hydrogen-bond donors (Lipinski definition) is 1. The molecule has 0 unspecified atom stereocenters. The molecule has 1 N–H and O–H groups in total. The number of rotatable bonds is 5. The predicted molar refractivity (Wildman–Crippen MR) is 111 cm³/mol. The minimum absolute atomic E-state index is 0.0637. The summed E-state index contributed by atoms with van der Waals surface area (Å²) in [5.41, 5.74) is 1.93. The molecule has 1 heterocycles. The maximum absolute atomic E-state index is 13.8. The molecule has 144 valence electrons. The van der Waals surface area contributed by atoms with Gasteiger partial charge in [-0.25, -0.2) is 18.7 Å². The number of nitrogens with zero attached hydrogens (tertiary/aromatic N) is 2. The molecule has 0 radical (unpaired) electrons. The minimum Gasteiger partial charge on any atom is -0.325 e. The second-order valence-corrected chi connectivity index (χ2v) is 7.19. The Morgan fingerprint density at radius 1 is 0.897 bits per heavy atom. The molecule has 0 atom stereocenters. The van der Waals surface area contributed by atoms with Crippen LogP contribution >= 0.6 is 11.8 Å². The Labute approximate surface area is 170 Å². The van der Waals surface area contributed by atoms with Gasteiger partial charge in [-0.05, 0) is 42.5 Å². The molecule has 0 bridgehead atoms. The molecule has 0 fully saturated rings. The summed E-state index contributed by atoms with van der Waals surface area (Å²) >= 11 is 1.19. The second kappa shape index (κ2) is 8.36. The first-order chi connectivity index (χ1) is 14.1. The molecule has 0 aliphatic carbocycles. The SMILES string of the molecule is O=C(CSc1nc(-c2ccccc2)nc2ccc(F)cc12)Nc1ccc(F)cc1. The van der Waals surface area contributed by atoms with Gasteiger partial charge in [0, 0.05) is 16.6 Å². The maximum atomic E-state index is 13.8. The van der Waals surface area contributed by atoms with E-state index in [0.717, 1.165) is 5.56 Å². The summed E-state index contributed by atoms with van der Waals surface area (Å²) in [4.78, 5) is 21.4. The van der Waals surface area contributed by atoms with Crippen LogP contribution in [-0.2, 0) is 4.79 Å². The highest BCUT2D eigenvalue weighted by Gasteiger charge is 2.13. The number of thioether (sulfide) groups is 1. The Morgan fingerprint density at radius 3 is 2.38 bits per heavy atom.